The van der Waals surface area contributed by atoms with Crippen molar-refractivity contribution in [2.24, 2.45) is 0 Å². The highest BCUT2D eigenvalue weighted by Crippen LogP contribution is 2.21. The molecule has 0 aliphatic carbocycles. The Hall–Kier alpha value is -2.20. The Kier molecular flexibility index (Phi) is 5.46. The van der Waals surface area contributed by atoms with Crippen LogP contribution < -0.4 is 4.74 Å². The van der Waals surface area contributed by atoms with Crippen molar-refractivity contribution in [2.45, 2.75) is 13.8 Å². The van der Waals surface area contributed by atoms with Crippen LogP contribution in [-0.4, -0.2) is 17.1 Å². The fourth-order valence-corrected chi connectivity index (χ4v) is 2.49. The van der Waals surface area contributed by atoms with Crippen molar-refractivity contribution in [3.05, 3.63) is 65.3 Å². The second-order valence-corrected chi connectivity index (χ2v) is 5.70. The Labute approximate surface area is 129 Å². The van der Waals surface area contributed by atoms with Gasteiger partial charge in [-0.1, -0.05) is 24.3 Å². The van der Waals surface area contributed by atoms with Gasteiger partial charge in [0.25, 0.3) is 0 Å². The van der Waals surface area contributed by atoms with Crippen molar-refractivity contribution in [3.63, 3.8) is 0 Å². The van der Waals surface area contributed by atoms with E-state index in [1.54, 1.807) is 24.6 Å². The van der Waals surface area contributed by atoms with Crippen molar-refractivity contribution in [3.8, 4) is 16.5 Å². The van der Waals surface area contributed by atoms with Crippen molar-refractivity contribution in [2.75, 3.05) is 7.11 Å². The van der Waals surface area contributed by atoms with Crippen LogP contribution in [0.3, 0.4) is 0 Å². The number of methoxy groups -OCH3 is 1. The molecule has 3 aromatic rings. The van der Waals surface area contributed by atoms with E-state index in [9.17, 15) is 0 Å². The summed E-state index contributed by atoms with van der Waals surface area (Å²) in [6.45, 7) is 4.07. The van der Waals surface area contributed by atoms with Gasteiger partial charge in [-0.3, -0.25) is 4.98 Å². The van der Waals surface area contributed by atoms with E-state index in [2.05, 4.69) is 9.97 Å². The van der Waals surface area contributed by atoms with E-state index >= 15 is 0 Å². The number of thiazole rings is 1. The van der Waals surface area contributed by atoms with Crippen molar-refractivity contribution in [1.29, 1.82) is 0 Å². The van der Waals surface area contributed by atoms with E-state index < -0.39 is 0 Å². The maximum Gasteiger partial charge on any atom is 0.142 e. The molecular weight excluding hydrogens is 280 g/mol. The Bertz CT molecular complexity index is 680. The van der Waals surface area contributed by atoms with Gasteiger partial charge in [0.2, 0.25) is 0 Å². The lowest BCUT2D eigenvalue weighted by Crippen LogP contribution is -1.84. The quantitative estimate of drug-likeness (QED) is 0.698. The molecule has 0 saturated carbocycles. The highest BCUT2D eigenvalue weighted by Gasteiger charge is 2.01. The van der Waals surface area contributed by atoms with Gasteiger partial charge in [0.1, 0.15) is 10.8 Å². The summed E-state index contributed by atoms with van der Waals surface area (Å²) in [4.78, 5) is 9.67. The number of hydrogen-bond donors (Lipinski definition) is 0. The summed E-state index contributed by atoms with van der Waals surface area (Å²) in [7, 11) is 1.68. The molecule has 0 atom stereocenters. The van der Waals surface area contributed by atoms with Crippen molar-refractivity contribution in [1.82, 2.24) is 9.97 Å². The van der Waals surface area contributed by atoms with Gasteiger partial charge in [-0.05, 0) is 37.6 Å². The van der Waals surface area contributed by atoms with Crippen LogP contribution in [0.4, 0.5) is 0 Å². The van der Waals surface area contributed by atoms with Gasteiger partial charge in [0, 0.05) is 17.3 Å². The molecule has 3 nitrogen and oxygen atoms in total. The largest absolute Gasteiger partial charge is 0.496 e. The molecule has 21 heavy (non-hydrogen) atoms. The molecule has 0 radical (unpaired) electrons. The van der Waals surface area contributed by atoms with Crippen LogP contribution in [-0.2, 0) is 0 Å². The minimum atomic E-state index is 0.954. The molecule has 0 spiro atoms. The van der Waals surface area contributed by atoms with Crippen LogP contribution in [0.2, 0.25) is 0 Å². The molecule has 0 aliphatic rings. The first kappa shape index (κ1) is 15.2. The minimum Gasteiger partial charge on any atom is -0.496 e. The number of para-hydroxylation sites is 1. The molecule has 0 aliphatic heterocycles. The minimum absolute atomic E-state index is 0.954. The third kappa shape index (κ3) is 4.39. The first-order valence-electron chi connectivity index (χ1n) is 6.64. The van der Waals surface area contributed by atoms with Gasteiger partial charge in [0.05, 0.1) is 12.8 Å². The summed E-state index contributed by atoms with van der Waals surface area (Å²) < 4.78 is 5.04. The summed E-state index contributed by atoms with van der Waals surface area (Å²) in [6, 6.07) is 13.8. The predicted octanol–water partition coefficient (Wildman–Crippen LogP) is 4.52. The number of nitrogens with zero attached hydrogens (tertiary/aromatic N) is 2. The maximum atomic E-state index is 5.04. The average Bonchev–Trinajstić information content (AvgIpc) is 2.96. The highest BCUT2D eigenvalue weighted by molar-refractivity contribution is 7.14. The van der Waals surface area contributed by atoms with Crippen LogP contribution >= 0.6 is 11.3 Å². The Balaban J connectivity index is 0.000000161. The third-order valence-corrected chi connectivity index (χ3v) is 3.75. The smallest absolute Gasteiger partial charge is 0.142 e. The lowest BCUT2D eigenvalue weighted by atomic mass is 10.2. The van der Waals surface area contributed by atoms with E-state index in [1.807, 2.05) is 62.5 Å². The molecule has 0 N–H and O–H groups in total. The van der Waals surface area contributed by atoms with Crippen molar-refractivity contribution < 1.29 is 4.74 Å². The van der Waals surface area contributed by atoms with Gasteiger partial charge in [-0.15, -0.1) is 11.3 Å². The first-order chi connectivity index (χ1) is 10.2. The number of ether oxygens (including phenoxy) is 1. The zero-order chi connectivity index (χ0) is 15.1. The number of benzene rings is 1. The SMILES string of the molecule is COc1ccccc1C.Cc1cnc(-c2ccccn2)s1. The second kappa shape index (κ2) is 7.55. The topological polar surface area (TPSA) is 35.0 Å². The number of pyridine rings is 1. The molecule has 0 amide bonds. The molecule has 2 aromatic heterocycles. The third-order valence-electron chi connectivity index (χ3n) is 2.82. The van der Waals surface area contributed by atoms with Crippen LogP contribution in [0.15, 0.2) is 54.9 Å². The number of rotatable bonds is 2. The molecule has 2 heterocycles. The van der Waals surface area contributed by atoms with E-state index in [0.29, 0.717) is 0 Å². The summed E-state index contributed by atoms with van der Waals surface area (Å²) in [5, 5.41) is 0.994. The average molecular weight is 298 g/mol. The van der Waals surface area contributed by atoms with Crippen LogP contribution in [0.5, 0.6) is 5.75 Å². The summed E-state index contributed by atoms with van der Waals surface area (Å²) in [5.41, 5.74) is 2.13. The predicted molar refractivity (Wildman–Crippen MR) is 87.8 cm³/mol. The van der Waals surface area contributed by atoms with Crippen LogP contribution in [0.1, 0.15) is 10.4 Å². The van der Waals surface area contributed by atoms with E-state index in [4.69, 9.17) is 4.74 Å². The van der Waals surface area contributed by atoms with Crippen LogP contribution in [0, 0.1) is 13.8 Å². The number of aryl methyl sites for hydroxylation is 2. The zero-order valence-electron chi connectivity index (χ0n) is 12.4. The Morgan fingerprint density at radius 2 is 1.71 bits per heavy atom. The molecule has 1 aromatic carbocycles. The normalized spacial score (nSPS) is 9.67. The molecular formula is C17H18N2OS. The van der Waals surface area contributed by atoms with Crippen molar-refractivity contribution >= 4 is 11.3 Å². The first-order valence-corrected chi connectivity index (χ1v) is 7.46. The fraction of sp³-hybridized carbons (Fsp3) is 0.176. The molecule has 0 bridgehead atoms. The van der Waals surface area contributed by atoms with Gasteiger partial charge >= 0.3 is 0 Å². The fourth-order valence-electron chi connectivity index (χ4n) is 1.75. The Morgan fingerprint density at radius 3 is 2.24 bits per heavy atom. The number of aromatic nitrogens is 2. The monoisotopic (exact) mass is 298 g/mol. The van der Waals surface area contributed by atoms with Gasteiger partial charge in [0.15, 0.2) is 0 Å². The molecule has 108 valence electrons. The van der Waals surface area contributed by atoms with E-state index in [0.717, 1.165) is 16.5 Å². The summed E-state index contributed by atoms with van der Waals surface area (Å²) >= 11 is 1.67. The van der Waals surface area contributed by atoms with Gasteiger partial charge in [-0.25, -0.2) is 4.98 Å². The molecule has 0 unspecified atom stereocenters. The number of hydrogen-bond acceptors (Lipinski definition) is 4. The van der Waals surface area contributed by atoms with E-state index in [-0.39, 0.29) is 0 Å². The summed E-state index contributed by atoms with van der Waals surface area (Å²) in [5.74, 6) is 0.956. The molecule has 0 saturated heterocycles. The second-order valence-electron chi connectivity index (χ2n) is 4.46. The Morgan fingerprint density at radius 1 is 0.952 bits per heavy atom. The molecule has 3 rings (SSSR count). The lowest BCUT2D eigenvalue weighted by Gasteiger charge is -2.00. The standard InChI is InChI=1S/C9H8N2S.C8H10O/c1-7-6-11-9(12-7)8-4-2-3-5-10-8;1-7-5-3-4-6-8(7)9-2/h2-6H,1H3;3-6H,1-2H3. The molecule has 4 heteroatoms. The van der Waals surface area contributed by atoms with Gasteiger partial charge in [-0.2, -0.15) is 0 Å². The van der Waals surface area contributed by atoms with Gasteiger partial charge < -0.3 is 4.74 Å². The molecule has 0 fully saturated rings. The maximum absolute atomic E-state index is 5.04. The summed E-state index contributed by atoms with van der Waals surface area (Å²) in [6.07, 6.45) is 3.65. The lowest BCUT2D eigenvalue weighted by molar-refractivity contribution is 0.411. The van der Waals surface area contributed by atoms with E-state index in [1.165, 1.54) is 10.4 Å². The van der Waals surface area contributed by atoms with Crippen LogP contribution in [0.25, 0.3) is 10.7 Å². The zero-order valence-corrected chi connectivity index (χ0v) is 13.2. The highest BCUT2D eigenvalue weighted by atomic mass is 32.1.